The first-order valence-electron chi connectivity index (χ1n) is 9.06. The lowest BCUT2D eigenvalue weighted by Crippen LogP contribution is -2.16. The number of nitrogen functional groups attached to an aromatic ring is 1. The fourth-order valence-electron chi connectivity index (χ4n) is 2.59. The van der Waals surface area contributed by atoms with Gasteiger partial charge in [-0.25, -0.2) is 4.68 Å². The summed E-state index contributed by atoms with van der Waals surface area (Å²) in [7, 11) is 0. The van der Waals surface area contributed by atoms with E-state index in [4.69, 9.17) is 10.6 Å². The molecule has 0 bridgehead atoms. The molecule has 8 heteroatoms. The summed E-state index contributed by atoms with van der Waals surface area (Å²) in [6, 6.07) is 15.3. The van der Waals surface area contributed by atoms with Crippen LogP contribution in [0.2, 0.25) is 0 Å². The minimum absolute atomic E-state index is 0.125. The topological polar surface area (TPSA) is 95.1 Å². The molecule has 7 nitrogen and oxygen atoms in total. The van der Waals surface area contributed by atoms with Crippen molar-refractivity contribution in [3.63, 3.8) is 0 Å². The molecule has 0 aliphatic carbocycles. The number of nitrogens with zero attached hydrogens (tertiary/aromatic N) is 3. The number of rotatable bonds is 8. The number of amides is 1. The standard InChI is InChI=1S/C20H23N5O2S/c1-3-14-5-9-16(10-6-14)22-18(26)13-28-20-24-23-19(25(20)21)15-7-11-17(12-8-15)27-4-2/h5-12H,3-4,13,21H2,1-2H3,(H,22,26). The summed E-state index contributed by atoms with van der Waals surface area (Å²) in [5.74, 6) is 7.49. The lowest BCUT2D eigenvalue weighted by molar-refractivity contribution is -0.113. The summed E-state index contributed by atoms with van der Waals surface area (Å²) >= 11 is 1.24. The number of ether oxygens (including phenoxy) is 1. The van der Waals surface area contributed by atoms with E-state index >= 15 is 0 Å². The second kappa shape index (κ2) is 9.27. The molecule has 3 rings (SSSR count). The van der Waals surface area contributed by atoms with E-state index in [-0.39, 0.29) is 11.7 Å². The summed E-state index contributed by atoms with van der Waals surface area (Å²) in [4.78, 5) is 12.2. The van der Waals surface area contributed by atoms with Crippen LogP contribution in [0.3, 0.4) is 0 Å². The van der Waals surface area contributed by atoms with Gasteiger partial charge in [-0.2, -0.15) is 0 Å². The summed E-state index contributed by atoms with van der Waals surface area (Å²) < 4.78 is 6.83. The predicted octanol–water partition coefficient (Wildman–Crippen LogP) is 3.35. The molecule has 28 heavy (non-hydrogen) atoms. The maximum absolute atomic E-state index is 12.2. The Morgan fingerprint density at radius 2 is 1.82 bits per heavy atom. The Bertz CT molecular complexity index is 923. The summed E-state index contributed by atoms with van der Waals surface area (Å²) in [5.41, 5.74) is 2.82. The SMILES string of the molecule is CCOc1ccc(-c2nnc(SCC(=O)Nc3ccc(CC)cc3)n2N)cc1. The van der Waals surface area contributed by atoms with Gasteiger partial charge in [0.2, 0.25) is 11.1 Å². The zero-order valence-corrected chi connectivity index (χ0v) is 16.7. The van der Waals surface area contributed by atoms with E-state index < -0.39 is 0 Å². The minimum Gasteiger partial charge on any atom is -0.494 e. The van der Waals surface area contributed by atoms with E-state index in [9.17, 15) is 4.79 Å². The highest BCUT2D eigenvalue weighted by Gasteiger charge is 2.14. The monoisotopic (exact) mass is 397 g/mol. The van der Waals surface area contributed by atoms with Crippen LogP contribution < -0.4 is 15.9 Å². The Hall–Kier alpha value is -3.00. The van der Waals surface area contributed by atoms with Gasteiger partial charge in [0.25, 0.3) is 0 Å². The third-order valence-corrected chi connectivity index (χ3v) is 5.01. The lowest BCUT2D eigenvalue weighted by Gasteiger charge is -2.07. The smallest absolute Gasteiger partial charge is 0.234 e. The van der Waals surface area contributed by atoms with Crippen LogP contribution in [0.25, 0.3) is 11.4 Å². The van der Waals surface area contributed by atoms with Gasteiger partial charge < -0.3 is 15.9 Å². The molecule has 0 fully saturated rings. The maximum atomic E-state index is 12.2. The Balaban J connectivity index is 1.59. The molecule has 0 atom stereocenters. The third-order valence-electron chi connectivity index (χ3n) is 4.07. The fourth-order valence-corrected chi connectivity index (χ4v) is 3.25. The Labute approximate surface area is 168 Å². The van der Waals surface area contributed by atoms with Gasteiger partial charge in [0.1, 0.15) is 5.75 Å². The van der Waals surface area contributed by atoms with E-state index in [0.717, 1.165) is 23.4 Å². The first-order valence-corrected chi connectivity index (χ1v) is 10.0. The van der Waals surface area contributed by atoms with Crippen molar-refractivity contribution < 1.29 is 9.53 Å². The quantitative estimate of drug-likeness (QED) is 0.447. The number of carbonyl (C=O) groups is 1. The van der Waals surface area contributed by atoms with Crippen LogP contribution in [0.5, 0.6) is 5.75 Å². The molecule has 0 saturated heterocycles. The van der Waals surface area contributed by atoms with Crippen molar-refractivity contribution in [2.75, 3.05) is 23.5 Å². The van der Waals surface area contributed by atoms with Crippen molar-refractivity contribution in [1.82, 2.24) is 14.9 Å². The predicted molar refractivity (Wildman–Crippen MR) is 112 cm³/mol. The molecule has 0 aliphatic rings. The summed E-state index contributed by atoms with van der Waals surface area (Å²) in [6.07, 6.45) is 0.965. The molecule has 146 valence electrons. The highest BCUT2D eigenvalue weighted by atomic mass is 32.2. The van der Waals surface area contributed by atoms with E-state index in [1.807, 2.05) is 55.5 Å². The van der Waals surface area contributed by atoms with E-state index in [2.05, 4.69) is 22.4 Å². The minimum atomic E-state index is -0.125. The van der Waals surface area contributed by atoms with Crippen LogP contribution in [-0.2, 0) is 11.2 Å². The molecular formula is C20H23N5O2S. The van der Waals surface area contributed by atoms with Crippen molar-refractivity contribution in [2.45, 2.75) is 25.4 Å². The van der Waals surface area contributed by atoms with E-state index in [1.54, 1.807) is 0 Å². The van der Waals surface area contributed by atoms with Gasteiger partial charge in [-0.3, -0.25) is 4.79 Å². The Morgan fingerprint density at radius 1 is 1.11 bits per heavy atom. The fraction of sp³-hybridized carbons (Fsp3) is 0.250. The average molecular weight is 398 g/mol. The van der Waals surface area contributed by atoms with Crippen molar-refractivity contribution in [1.29, 1.82) is 0 Å². The molecule has 3 N–H and O–H groups in total. The van der Waals surface area contributed by atoms with Crippen molar-refractivity contribution >= 4 is 23.4 Å². The van der Waals surface area contributed by atoms with Gasteiger partial charge in [0, 0.05) is 11.3 Å². The van der Waals surface area contributed by atoms with E-state index in [0.29, 0.717) is 17.6 Å². The maximum Gasteiger partial charge on any atom is 0.234 e. The molecule has 0 unspecified atom stereocenters. The van der Waals surface area contributed by atoms with Crippen molar-refractivity contribution in [3.8, 4) is 17.1 Å². The third kappa shape index (κ3) is 4.83. The molecule has 1 aromatic heterocycles. The molecule has 0 aliphatic heterocycles. The zero-order valence-electron chi connectivity index (χ0n) is 15.9. The second-order valence-corrected chi connectivity index (χ2v) is 6.96. The Kier molecular flexibility index (Phi) is 6.54. The van der Waals surface area contributed by atoms with Gasteiger partial charge in [-0.05, 0) is 55.3 Å². The summed E-state index contributed by atoms with van der Waals surface area (Å²) in [6.45, 7) is 4.64. The number of nitrogens with two attached hydrogens (primary N) is 1. The largest absolute Gasteiger partial charge is 0.494 e. The molecule has 0 radical (unpaired) electrons. The number of nitrogens with one attached hydrogen (secondary N) is 1. The molecule has 0 saturated carbocycles. The van der Waals surface area contributed by atoms with Gasteiger partial charge >= 0.3 is 0 Å². The van der Waals surface area contributed by atoms with Gasteiger partial charge in [-0.15, -0.1) is 10.2 Å². The molecule has 3 aromatic rings. The highest BCUT2D eigenvalue weighted by molar-refractivity contribution is 7.99. The number of anilines is 1. The van der Waals surface area contributed by atoms with Crippen molar-refractivity contribution in [3.05, 3.63) is 54.1 Å². The highest BCUT2D eigenvalue weighted by Crippen LogP contribution is 2.24. The summed E-state index contributed by atoms with van der Waals surface area (Å²) in [5, 5.41) is 11.6. The molecule has 0 spiro atoms. The first-order chi connectivity index (χ1) is 13.6. The van der Waals surface area contributed by atoms with Crippen molar-refractivity contribution in [2.24, 2.45) is 0 Å². The van der Waals surface area contributed by atoms with Crippen LogP contribution in [0.1, 0.15) is 19.4 Å². The zero-order chi connectivity index (χ0) is 19.9. The number of aromatic nitrogens is 3. The first kappa shape index (κ1) is 19.8. The van der Waals surface area contributed by atoms with Crippen LogP contribution in [0.4, 0.5) is 5.69 Å². The number of thioether (sulfide) groups is 1. The number of carbonyl (C=O) groups excluding carboxylic acids is 1. The number of hydrogen-bond donors (Lipinski definition) is 2. The number of aryl methyl sites for hydroxylation is 1. The van der Waals surface area contributed by atoms with E-state index in [1.165, 1.54) is 22.0 Å². The molecule has 2 aromatic carbocycles. The van der Waals surface area contributed by atoms with Crippen LogP contribution in [0, 0.1) is 0 Å². The number of hydrogen-bond acceptors (Lipinski definition) is 6. The van der Waals surface area contributed by atoms with Crippen LogP contribution in [-0.4, -0.2) is 33.1 Å². The molecule has 1 amide bonds. The number of benzene rings is 2. The molecular weight excluding hydrogens is 374 g/mol. The van der Waals surface area contributed by atoms with Gasteiger partial charge in [0.15, 0.2) is 5.82 Å². The molecule has 1 heterocycles. The normalized spacial score (nSPS) is 10.6. The van der Waals surface area contributed by atoms with Crippen LogP contribution >= 0.6 is 11.8 Å². The van der Waals surface area contributed by atoms with Gasteiger partial charge in [-0.1, -0.05) is 30.8 Å². The van der Waals surface area contributed by atoms with Crippen LogP contribution in [0.15, 0.2) is 53.7 Å². The Morgan fingerprint density at radius 3 is 2.46 bits per heavy atom. The van der Waals surface area contributed by atoms with Gasteiger partial charge in [0.05, 0.1) is 12.4 Å². The lowest BCUT2D eigenvalue weighted by atomic mass is 10.1. The average Bonchev–Trinajstić information content (AvgIpc) is 3.08. The second-order valence-electron chi connectivity index (χ2n) is 6.02.